The number of carboxylic acids is 1. The molecule has 0 bridgehead atoms. The Balaban J connectivity index is 1.66. The van der Waals surface area contributed by atoms with E-state index < -0.39 is 12.1 Å². The first-order chi connectivity index (χ1) is 11.1. The van der Waals surface area contributed by atoms with Gasteiger partial charge >= 0.3 is 0 Å². The van der Waals surface area contributed by atoms with Crippen molar-refractivity contribution in [3.8, 4) is 5.75 Å². The summed E-state index contributed by atoms with van der Waals surface area (Å²) in [7, 11) is 0. The molecule has 1 N–H and O–H groups in total. The van der Waals surface area contributed by atoms with E-state index in [4.69, 9.17) is 4.74 Å². The highest BCUT2D eigenvalue weighted by Gasteiger charge is 2.11. The van der Waals surface area contributed by atoms with E-state index in [2.05, 4.69) is 4.98 Å². The number of carbonyl (C=O) groups excluding carboxylic acids is 1. The van der Waals surface area contributed by atoms with Gasteiger partial charge < -0.3 is 24.3 Å². The lowest BCUT2D eigenvalue weighted by molar-refractivity contribution is -0.255. The molecule has 0 radical (unpaired) electrons. The van der Waals surface area contributed by atoms with Gasteiger partial charge in [0.05, 0.1) is 29.9 Å². The molecular weight excluding hydrogens is 296 g/mol. The van der Waals surface area contributed by atoms with Crippen LogP contribution in [0.15, 0.2) is 54.9 Å². The molecule has 0 amide bonds. The Hall–Kier alpha value is -2.86. The van der Waals surface area contributed by atoms with Crippen LogP contribution < -0.4 is 9.84 Å². The van der Waals surface area contributed by atoms with Crippen molar-refractivity contribution in [2.45, 2.75) is 12.6 Å². The van der Waals surface area contributed by atoms with Crippen LogP contribution in [0.3, 0.4) is 0 Å². The summed E-state index contributed by atoms with van der Waals surface area (Å²) in [5.74, 6) is -1.13. The maximum absolute atomic E-state index is 11.0. The highest BCUT2D eigenvalue weighted by molar-refractivity contribution is 5.89. The topological polar surface area (TPSA) is 87.4 Å². The van der Waals surface area contributed by atoms with Crippen LogP contribution in [0.4, 0.5) is 0 Å². The van der Waals surface area contributed by atoms with E-state index in [1.165, 1.54) is 12.1 Å². The Kier molecular flexibility index (Phi) is 4.25. The molecule has 0 saturated heterocycles. The van der Waals surface area contributed by atoms with Crippen LogP contribution >= 0.6 is 0 Å². The van der Waals surface area contributed by atoms with Crippen molar-refractivity contribution in [2.75, 3.05) is 6.61 Å². The maximum atomic E-state index is 11.0. The SMILES string of the molecule is O=C([O-])c1ccccc1OC[C@@H](O)Cn1cnc2ccccc21. The molecule has 3 rings (SSSR count). The van der Waals surface area contributed by atoms with Crippen LogP contribution in [0.5, 0.6) is 5.75 Å². The molecule has 0 saturated carbocycles. The number of fused-ring (bicyclic) bond motifs is 1. The lowest BCUT2D eigenvalue weighted by Crippen LogP contribution is -2.26. The van der Waals surface area contributed by atoms with E-state index in [1.807, 2.05) is 28.8 Å². The third-order valence-electron chi connectivity index (χ3n) is 3.47. The van der Waals surface area contributed by atoms with Gasteiger partial charge in [-0.25, -0.2) is 4.98 Å². The van der Waals surface area contributed by atoms with E-state index in [0.29, 0.717) is 6.54 Å². The largest absolute Gasteiger partial charge is 0.545 e. The summed E-state index contributed by atoms with van der Waals surface area (Å²) in [5, 5.41) is 21.1. The van der Waals surface area contributed by atoms with Gasteiger partial charge in [-0.15, -0.1) is 0 Å². The van der Waals surface area contributed by atoms with E-state index in [-0.39, 0.29) is 17.9 Å². The third-order valence-corrected chi connectivity index (χ3v) is 3.47. The molecular formula is C17H15N2O4-. The van der Waals surface area contributed by atoms with Crippen LogP contribution in [-0.4, -0.2) is 33.3 Å². The summed E-state index contributed by atoms with van der Waals surface area (Å²) in [6.07, 6.45) is 0.852. The minimum atomic E-state index is -1.31. The van der Waals surface area contributed by atoms with Gasteiger partial charge in [0.15, 0.2) is 0 Å². The number of aliphatic hydroxyl groups is 1. The second-order valence-electron chi connectivity index (χ2n) is 5.13. The number of para-hydroxylation sites is 3. The van der Waals surface area contributed by atoms with Crippen LogP contribution in [0.2, 0.25) is 0 Å². The summed E-state index contributed by atoms with van der Waals surface area (Å²) >= 11 is 0. The maximum Gasteiger partial charge on any atom is 0.128 e. The number of hydrogen-bond donors (Lipinski definition) is 1. The minimum Gasteiger partial charge on any atom is -0.545 e. The van der Waals surface area contributed by atoms with Crippen LogP contribution in [-0.2, 0) is 6.54 Å². The van der Waals surface area contributed by atoms with Crippen molar-refractivity contribution >= 4 is 17.0 Å². The van der Waals surface area contributed by atoms with E-state index >= 15 is 0 Å². The second kappa shape index (κ2) is 6.50. The highest BCUT2D eigenvalue weighted by Crippen LogP contribution is 2.18. The van der Waals surface area contributed by atoms with E-state index in [9.17, 15) is 15.0 Å². The fourth-order valence-corrected chi connectivity index (χ4v) is 2.38. The van der Waals surface area contributed by atoms with Crippen molar-refractivity contribution in [3.63, 3.8) is 0 Å². The zero-order valence-electron chi connectivity index (χ0n) is 12.3. The predicted molar refractivity (Wildman–Crippen MR) is 82.0 cm³/mol. The number of imidazole rings is 1. The number of nitrogens with zero attached hydrogens (tertiary/aromatic N) is 2. The van der Waals surface area contributed by atoms with Gasteiger partial charge in [-0.3, -0.25) is 0 Å². The Morgan fingerprint density at radius 1 is 1.22 bits per heavy atom. The summed E-state index contributed by atoms with van der Waals surface area (Å²) < 4.78 is 7.24. The number of benzene rings is 2. The molecule has 6 heteroatoms. The number of carbonyl (C=O) groups is 1. The van der Waals surface area contributed by atoms with Crippen molar-refractivity contribution < 1.29 is 19.7 Å². The van der Waals surface area contributed by atoms with E-state index in [1.54, 1.807) is 18.5 Å². The van der Waals surface area contributed by atoms with Crippen LogP contribution in [0.1, 0.15) is 10.4 Å². The quantitative estimate of drug-likeness (QED) is 0.729. The summed E-state index contributed by atoms with van der Waals surface area (Å²) in [6, 6.07) is 13.8. The van der Waals surface area contributed by atoms with Crippen molar-refractivity contribution in [3.05, 3.63) is 60.4 Å². The molecule has 1 atom stereocenters. The molecule has 2 aromatic carbocycles. The van der Waals surface area contributed by atoms with Crippen molar-refractivity contribution in [1.82, 2.24) is 9.55 Å². The van der Waals surface area contributed by atoms with Crippen LogP contribution in [0.25, 0.3) is 11.0 Å². The number of ether oxygens (including phenoxy) is 1. The number of carboxylic acid groups (broad SMARTS) is 1. The molecule has 6 nitrogen and oxygen atoms in total. The Morgan fingerprint density at radius 3 is 2.78 bits per heavy atom. The fraction of sp³-hybridized carbons (Fsp3) is 0.176. The van der Waals surface area contributed by atoms with Crippen LogP contribution in [0, 0.1) is 0 Å². The number of rotatable bonds is 6. The summed E-state index contributed by atoms with van der Waals surface area (Å²) in [6.45, 7) is 0.269. The molecule has 0 spiro atoms. The second-order valence-corrected chi connectivity index (χ2v) is 5.13. The van der Waals surface area contributed by atoms with Gasteiger partial charge in [-0.1, -0.05) is 24.3 Å². The fourth-order valence-electron chi connectivity index (χ4n) is 2.38. The molecule has 23 heavy (non-hydrogen) atoms. The minimum absolute atomic E-state index is 0.0310. The molecule has 3 aromatic rings. The first-order valence-corrected chi connectivity index (χ1v) is 7.16. The Morgan fingerprint density at radius 2 is 1.96 bits per heavy atom. The van der Waals surface area contributed by atoms with Gasteiger partial charge in [0.1, 0.15) is 18.5 Å². The first kappa shape index (κ1) is 15.1. The normalized spacial score (nSPS) is 12.2. The Bertz CT molecular complexity index is 828. The smallest absolute Gasteiger partial charge is 0.128 e. The third kappa shape index (κ3) is 3.32. The average Bonchev–Trinajstić information content (AvgIpc) is 2.96. The molecule has 0 aliphatic carbocycles. The lowest BCUT2D eigenvalue weighted by atomic mass is 10.2. The molecule has 1 heterocycles. The molecule has 0 aliphatic heterocycles. The van der Waals surface area contributed by atoms with Crippen molar-refractivity contribution in [1.29, 1.82) is 0 Å². The average molecular weight is 311 g/mol. The number of aromatic nitrogens is 2. The standard InChI is InChI=1S/C17H16N2O4/c20-12(9-19-11-18-14-6-2-3-7-15(14)19)10-23-16-8-4-1-5-13(16)17(21)22/h1-8,11-12,20H,9-10H2,(H,21,22)/p-1/t12-/m0/s1. The molecule has 0 aliphatic rings. The zero-order valence-corrected chi connectivity index (χ0v) is 12.3. The monoisotopic (exact) mass is 311 g/mol. The van der Waals surface area contributed by atoms with Gasteiger partial charge in [-0.2, -0.15) is 0 Å². The summed E-state index contributed by atoms with van der Waals surface area (Å²) in [4.78, 5) is 15.3. The van der Waals surface area contributed by atoms with Crippen molar-refractivity contribution in [2.24, 2.45) is 0 Å². The molecule has 118 valence electrons. The van der Waals surface area contributed by atoms with E-state index in [0.717, 1.165) is 11.0 Å². The molecule has 0 fully saturated rings. The lowest BCUT2D eigenvalue weighted by Gasteiger charge is -2.16. The predicted octanol–water partition coefficient (Wildman–Crippen LogP) is 0.840. The number of hydrogen-bond acceptors (Lipinski definition) is 5. The first-order valence-electron chi connectivity index (χ1n) is 7.16. The van der Waals surface area contributed by atoms with Gasteiger partial charge in [-0.05, 0) is 24.3 Å². The molecule has 0 unspecified atom stereocenters. The number of aliphatic hydroxyl groups excluding tert-OH is 1. The van der Waals surface area contributed by atoms with Gasteiger partial charge in [0.25, 0.3) is 0 Å². The molecule has 1 aromatic heterocycles. The zero-order chi connectivity index (χ0) is 16.2. The number of aromatic carboxylic acids is 1. The Labute approximate surface area is 132 Å². The highest BCUT2D eigenvalue weighted by atomic mass is 16.5. The summed E-state index contributed by atoms with van der Waals surface area (Å²) in [5.41, 5.74) is 1.73. The van der Waals surface area contributed by atoms with Gasteiger partial charge in [0, 0.05) is 5.56 Å². The van der Waals surface area contributed by atoms with Gasteiger partial charge in [0.2, 0.25) is 0 Å².